The standard InChI is InChI=1S/C25H29FN2O5S/c1-17(16-33-25(2,3)4)15-32-23-22(18-6-12-21(13-7-18)34(5,30)31)14-27-28(24(23)29)20-10-8-19(26)9-11-20/h6-14,17H,15-16H2,1-5H3/t17-/m1/s1. The minimum Gasteiger partial charge on any atom is -0.487 e. The number of sulfone groups is 1. The van der Waals surface area contributed by atoms with E-state index in [4.69, 9.17) is 9.47 Å². The van der Waals surface area contributed by atoms with Crippen molar-refractivity contribution >= 4 is 9.84 Å². The Hall–Kier alpha value is -3.04. The average Bonchev–Trinajstić information content (AvgIpc) is 2.76. The third-order valence-corrected chi connectivity index (χ3v) is 6.04. The molecular weight excluding hydrogens is 459 g/mol. The highest BCUT2D eigenvalue weighted by atomic mass is 32.2. The Labute approximate surface area is 199 Å². The van der Waals surface area contributed by atoms with Crippen LogP contribution in [0.2, 0.25) is 0 Å². The number of halogens is 1. The van der Waals surface area contributed by atoms with E-state index in [1.807, 2.05) is 27.7 Å². The van der Waals surface area contributed by atoms with Crippen LogP contribution in [0.4, 0.5) is 4.39 Å². The van der Waals surface area contributed by atoms with Gasteiger partial charge < -0.3 is 9.47 Å². The molecular formula is C25H29FN2O5S. The zero-order valence-corrected chi connectivity index (χ0v) is 20.7. The molecule has 3 aromatic rings. The molecule has 0 amide bonds. The highest BCUT2D eigenvalue weighted by Gasteiger charge is 2.19. The molecule has 0 radical (unpaired) electrons. The lowest BCUT2D eigenvalue weighted by Gasteiger charge is -2.23. The first-order valence-electron chi connectivity index (χ1n) is 10.8. The van der Waals surface area contributed by atoms with Crippen molar-refractivity contribution in [2.45, 2.75) is 38.2 Å². The first-order chi connectivity index (χ1) is 15.8. The maximum atomic E-state index is 13.4. The summed E-state index contributed by atoms with van der Waals surface area (Å²) in [6, 6.07) is 11.5. The average molecular weight is 489 g/mol. The molecule has 0 fully saturated rings. The maximum Gasteiger partial charge on any atom is 0.314 e. The Morgan fingerprint density at radius 3 is 2.21 bits per heavy atom. The zero-order chi connectivity index (χ0) is 25.1. The molecule has 0 saturated heterocycles. The molecule has 9 heteroatoms. The summed E-state index contributed by atoms with van der Waals surface area (Å²) in [5.41, 5.74) is 0.580. The van der Waals surface area contributed by atoms with E-state index in [0.29, 0.717) is 23.4 Å². The largest absolute Gasteiger partial charge is 0.487 e. The highest BCUT2D eigenvalue weighted by Crippen LogP contribution is 2.28. The van der Waals surface area contributed by atoms with Crippen molar-refractivity contribution in [1.29, 1.82) is 0 Å². The van der Waals surface area contributed by atoms with Crippen LogP contribution in [0.3, 0.4) is 0 Å². The van der Waals surface area contributed by atoms with E-state index in [1.54, 1.807) is 12.1 Å². The fourth-order valence-electron chi connectivity index (χ4n) is 3.10. The minimum absolute atomic E-state index is 0.00785. The number of ether oxygens (including phenoxy) is 2. The Balaban J connectivity index is 2.00. The first-order valence-corrected chi connectivity index (χ1v) is 12.7. The molecule has 34 heavy (non-hydrogen) atoms. The van der Waals surface area contributed by atoms with Gasteiger partial charge in [0.1, 0.15) is 5.82 Å². The fraction of sp³-hybridized carbons (Fsp3) is 0.360. The number of benzene rings is 2. The Morgan fingerprint density at radius 1 is 1.03 bits per heavy atom. The summed E-state index contributed by atoms with van der Waals surface area (Å²) >= 11 is 0. The summed E-state index contributed by atoms with van der Waals surface area (Å²) in [6.45, 7) is 8.49. The van der Waals surface area contributed by atoms with Crippen molar-refractivity contribution in [3.05, 3.63) is 70.9 Å². The molecule has 0 N–H and O–H groups in total. The third-order valence-electron chi connectivity index (χ3n) is 4.91. The third kappa shape index (κ3) is 6.51. The number of aromatic nitrogens is 2. The molecule has 0 spiro atoms. The smallest absolute Gasteiger partial charge is 0.314 e. The Bertz CT molecular complexity index is 1300. The van der Waals surface area contributed by atoms with Crippen LogP contribution in [0.25, 0.3) is 16.8 Å². The van der Waals surface area contributed by atoms with Gasteiger partial charge in [-0.25, -0.2) is 12.8 Å². The molecule has 3 rings (SSSR count). The van der Waals surface area contributed by atoms with E-state index in [-0.39, 0.29) is 28.8 Å². The van der Waals surface area contributed by atoms with Gasteiger partial charge in [-0.1, -0.05) is 19.1 Å². The summed E-state index contributed by atoms with van der Waals surface area (Å²) < 4.78 is 49.9. The summed E-state index contributed by atoms with van der Waals surface area (Å²) in [6.07, 6.45) is 2.61. The lowest BCUT2D eigenvalue weighted by molar-refractivity contribution is -0.0258. The predicted octanol–water partition coefficient (Wildman–Crippen LogP) is 4.27. The quantitative estimate of drug-likeness (QED) is 0.471. The summed E-state index contributed by atoms with van der Waals surface area (Å²) in [7, 11) is -3.36. The van der Waals surface area contributed by atoms with E-state index >= 15 is 0 Å². The molecule has 182 valence electrons. The fourth-order valence-corrected chi connectivity index (χ4v) is 3.73. The number of hydrogen-bond acceptors (Lipinski definition) is 6. The topological polar surface area (TPSA) is 87.5 Å². The van der Waals surface area contributed by atoms with Crippen LogP contribution in [-0.4, -0.2) is 43.3 Å². The van der Waals surface area contributed by atoms with Gasteiger partial charge in [0.25, 0.3) is 0 Å². The molecule has 0 aliphatic rings. The molecule has 1 atom stereocenters. The lowest BCUT2D eigenvalue weighted by atomic mass is 10.1. The van der Waals surface area contributed by atoms with Gasteiger partial charge in [0.2, 0.25) is 0 Å². The van der Waals surface area contributed by atoms with E-state index in [0.717, 1.165) is 10.9 Å². The monoisotopic (exact) mass is 488 g/mol. The molecule has 0 saturated carbocycles. The van der Waals surface area contributed by atoms with Gasteiger partial charge in [-0.05, 0) is 62.7 Å². The van der Waals surface area contributed by atoms with Crippen LogP contribution in [0.15, 0.2) is 64.4 Å². The maximum absolute atomic E-state index is 13.4. The van der Waals surface area contributed by atoms with Crippen molar-refractivity contribution in [2.75, 3.05) is 19.5 Å². The Kier molecular flexibility index (Phi) is 7.57. The number of nitrogens with zero attached hydrogens (tertiary/aromatic N) is 2. The summed E-state index contributed by atoms with van der Waals surface area (Å²) in [4.78, 5) is 13.5. The predicted molar refractivity (Wildman–Crippen MR) is 129 cm³/mol. The van der Waals surface area contributed by atoms with E-state index < -0.39 is 21.2 Å². The van der Waals surface area contributed by atoms with Crippen molar-refractivity contribution in [3.63, 3.8) is 0 Å². The van der Waals surface area contributed by atoms with Crippen LogP contribution >= 0.6 is 0 Å². The van der Waals surface area contributed by atoms with Crippen molar-refractivity contribution in [3.8, 4) is 22.6 Å². The molecule has 0 bridgehead atoms. The lowest BCUT2D eigenvalue weighted by Crippen LogP contribution is -2.27. The van der Waals surface area contributed by atoms with E-state index in [1.165, 1.54) is 42.6 Å². The van der Waals surface area contributed by atoms with Crippen LogP contribution in [0.1, 0.15) is 27.7 Å². The van der Waals surface area contributed by atoms with Crippen molar-refractivity contribution in [1.82, 2.24) is 9.78 Å². The molecule has 1 aromatic heterocycles. The van der Waals surface area contributed by atoms with Crippen LogP contribution in [0, 0.1) is 11.7 Å². The van der Waals surface area contributed by atoms with Gasteiger partial charge >= 0.3 is 5.56 Å². The summed E-state index contributed by atoms with van der Waals surface area (Å²) in [5.74, 6) is -0.371. The van der Waals surface area contributed by atoms with Gasteiger partial charge in [-0.2, -0.15) is 9.78 Å². The normalized spacial score (nSPS) is 13.0. The van der Waals surface area contributed by atoms with Crippen LogP contribution in [0.5, 0.6) is 5.75 Å². The molecule has 0 unspecified atom stereocenters. The second-order valence-electron chi connectivity index (χ2n) is 9.22. The van der Waals surface area contributed by atoms with Crippen LogP contribution < -0.4 is 10.3 Å². The number of hydrogen-bond donors (Lipinski definition) is 0. The molecule has 0 aliphatic heterocycles. The SMILES string of the molecule is C[C@H](COc1c(-c2ccc(S(C)(=O)=O)cc2)cnn(-c2ccc(F)cc2)c1=O)COC(C)(C)C. The molecule has 0 aliphatic carbocycles. The van der Waals surface area contributed by atoms with E-state index in [9.17, 15) is 17.6 Å². The van der Waals surface area contributed by atoms with Gasteiger partial charge in [-0.3, -0.25) is 4.79 Å². The number of rotatable bonds is 8. The van der Waals surface area contributed by atoms with Gasteiger partial charge in [0, 0.05) is 17.7 Å². The van der Waals surface area contributed by atoms with Crippen molar-refractivity contribution < 1.29 is 22.3 Å². The van der Waals surface area contributed by atoms with Crippen LogP contribution in [-0.2, 0) is 14.6 Å². The second kappa shape index (κ2) is 10.1. The first kappa shape index (κ1) is 25.6. The van der Waals surface area contributed by atoms with Crippen molar-refractivity contribution in [2.24, 2.45) is 5.92 Å². The second-order valence-corrected chi connectivity index (χ2v) is 11.2. The van der Waals surface area contributed by atoms with E-state index in [2.05, 4.69) is 5.10 Å². The minimum atomic E-state index is -3.36. The van der Waals surface area contributed by atoms with Gasteiger partial charge in [0.05, 0.1) is 35.6 Å². The van der Waals surface area contributed by atoms with Gasteiger partial charge in [0.15, 0.2) is 15.6 Å². The Morgan fingerprint density at radius 2 is 1.65 bits per heavy atom. The highest BCUT2D eigenvalue weighted by molar-refractivity contribution is 7.90. The molecule has 1 heterocycles. The zero-order valence-electron chi connectivity index (χ0n) is 19.9. The molecule has 7 nitrogen and oxygen atoms in total. The van der Waals surface area contributed by atoms with Gasteiger partial charge in [-0.15, -0.1) is 0 Å². The molecule has 2 aromatic carbocycles. The summed E-state index contributed by atoms with van der Waals surface area (Å²) in [5, 5.41) is 4.24.